The maximum Gasteiger partial charge on any atom is 0.198 e. The molecule has 3 rings (SSSR count). The molecule has 2 atom stereocenters. The molecule has 2 unspecified atom stereocenters. The van der Waals surface area contributed by atoms with E-state index >= 15 is 0 Å². The predicted octanol–water partition coefficient (Wildman–Crippen LogP) is 3.52. The molecule has 1 saturated carbocycles. The van der Waals surface area contributed by atoms with Gasteiger partial charge in [0.25, 0.3) is 0 Å². The molecule has 0 saturated heterocycles. The van der Waals surface area contributed by atoms with Gasteiger partial charge in [-0.05, 0) is 24.6 Å². The number of fused-ring (bicyclic) bond motifs is 1. The average Bonchev–Trinajstić information content (AvgIpc) is 2.81. The standard InChI is InChI=1S/C16H22N2O2/c1-9(2)15-18-11-7-10(5-6-12(11)20-15)17-13-8-14(19)16(13,3)4/h5-7,9,13-14,17,19H,8H2,1-4H3. The maximum absolute atomic E-state index is 9.79. The minimum atomic E-state index is -0.219. The third kappa shape index (κ3) is 2.08. The van der Waals surface area contributed by atoms with Crippen LogP contribution in [0.3, 0.4) is 0 Å². The fraction of sp³-hybridized carbons (Fsp3) is 0.562. The van der Waals surface area contributed by atoms with E-state index in [1.165, 1.54) is 0 Å². The summed E-state index contributed by atoms with van der Waals surface area (Å²) in [5.74, 6) is 1.07. The first-order valence-electron chi connectivity index (χ1n) is 7.23. The molecular weight excluding hydrogens is 252 g/mol. The number of rotatable bonds is 3. The quantitative estimate of drug-likeness (QED) is 0.899. The number of oxazole rings is 1. The first-order valence-corrected chi connectivity index (χ1v) is 7.23. The van der Waals surface area contributed by atoms with Crippen molar-refractivity contribution in [2.24, 2.45) is 5.41 Å². The van der Waals surface area contributed by atoms with Crippen molar-refractivity contribution in [2.45, 2.75) is 52.2 Å². The summed E-state index contributed by atoms with van der Waals surface area (Å²) >= 11 is 0. The van der Waals surface area contributed by atoms with E-state index in [-0.39, 0.29) is 11.5 Å². The lowest BCUT2D eigenvalue weighted by molar-refractivity contribution is -0.0510. The molecular formula is C16H22N2O2. The van der Waals surface area contributed by atoms with Crippen LogP contribution < -0.4 is 5.32 Å². The first-order chi connectivity index (χ1) is 9.38. The van der Waals surface area contributed by atoms with Crippen molar-refractivity contribution in [3.8, 4) is 0 Å². The molecule has 1 heterocycles. The molecule has 1 fully saturated rings. The summed E-state index contributed by atoms with van der Waals surface area (Å²) in [5, 5.41) is 13.3. The highest BCUT2D eigenvalue weighted by Crippen LogP contribution is 2.42. The molecule has 1 aromatic carbocycles. The van der Waals surface area contributed by atoms with E-state index in [2.05, 4.69) is 38.0 Å². The molecule has 2 aromatic rings. The minimum absolute atomic E-state index is 0.0815. The van der Waals surface area contributed by atoms with Gasteiger partial charge in [-0.3, -0.25) is 0 Å². The summed E-state index contributed by atoms with van der Waals surface area (Å²) in [6.45, 7) is 8.32. The van der Waals surface area contributed by atoms with Crippen LogP contribution in [0.1, 0.15) is 45.9 Å². The largest absolute Gasteiger partial charge is 0.440 e. The van der Waals surface area contributed by atoms with E-state index in [0.29, 0.717) is 12.0 Å². The lowest BCUT2D eigenvalue weighted by Gasteiger charge is -2.49. The molecule has 20 heavy (non-hydrogen) atoms. The Kier molecular flexibility index (Phi) is 3.01. The number of nitrogens with one attached hydrogen (secondary N) is 1. The maximum atomic E-state index is 9.79. The molecule has 0 bridgehead atoms. The van der Waals surface area contributed by atoms with Crippen molar-refractivity contribution in [3.05, 3.63) is 24.1 Å². The van der Waals surface area contributed by atoms with Crippen molar-refractivity contribution < 1.29 is 9.52 Å². The van der Waals surface area contributed by atoms with Crippen LogP contribution >= 0.6 is 0 Å². The molecule has 4 nitrogen and oxygen atoms in total. The summed E-state index contributed by atoms with van der Waals surface area (Å²) in [6.07, 6.45) is 0.574. The number of benzene rings is 1. The zero-order valence-electron chi connectivity index (χ0n) is 12.5. The highest BCUT2D eigenvalue weighted by atomic mass is 16.3. The van der Waals surface area contributed by atoms with Crippen LogP contribution in [-0.4, -0.2) is 22.2 Å². The molecule has 1 aliphatic rings. The van der Waals surface area contributed by atoms with Crippen molar-refractivity contribution in [1.29, 1.82) is 0 Å². The minimum Gasteiger partial charge on any atom is -0.440 e. The van der Waals surface area contributed by atoms with Gasteiger partial charge in [0.1, 0.15) is 5.52 Å². The number of anilines is 1. The van der Waals surface area contributed by atoms with Gasteiger partial charge in [-0.2, -0.15) is 0 Å². The van der Waals surface area contributed by atoms with Crippen LogP contribution in [0.5, 0.6) is 0 Å². The topological polar surface area (TPSA) is 58.3 Å². The van der Waals surface area contributed by atoms with Gasteiger partial charge in [0.05, 0.1) is 6.10 Å². The van der Waals surface area contributed by atoms with E-state index in [9.17, 15) is 5.11 Å². The monoisotopic (exact) mass is 274 g/mol. The molecule has 0 aliphatic heterocycles. The van der Waals surface area contributed by atoms with Crippen LogP contribution in [0.25, 0.3) is 11.1 Å². The van der Waals surface area contributed by atoms with Crippen LogP contribution in [0.4, 0.5) is 5.69 Å². The van der Waals surface area contributed by atoms with Gasteiger partial charge in [-0.15, -0.1) is 0 Å². The molecule has 1 aromatic heterocycles. The number of aliphatic hydroxyl groups excluding tert-OH is 1. The Bertz CT molecular complexity index is 630. The van der Waals surface area contributed by atoms with Gasteiger partial charge in [-0.1, -0.05) is 27.7 Å². The van der Waals surface area contributed by atoms with Crippen LogP contribution in [0, 0.1) is 5.41 Å². The molecule has 1 aliphatic carbocycles. The highest BCUT2D eigenvalue weighted by molar-refractivity contribution is 5.77. The summed E-state index contributed by atoms with van der Waals surface area (Å²) in [7, 11) is 0. The van der Waals surface area contributed by atoms with E-state index in [1.54, 1.807) is 0 Å². The molecule has 0 radical (unpaired) electrons. The van der Waals surface area contributed by atoms with Gasteiger partial charge >= 0.3 is 0 Å². The molecule has 108 valence electrons. The lowest BCUT2D eigenvalue weighted by atomic mass is 9.64. The third-order valence-electron chi connectivity index (χ3n) is 4.45. The van der Waals surface area contributed by atoms with Crippen LogP contribution in [-0.2, 0) is 0 Å². The molecule has 0 amide bonds. The smallest absolute Gasteiger partial charge is 0.198 e. The molecule has 4 heteroatoms. The van der Waals surface area contributed by atoms with E-state index in [0.717, 1.165) is 29.1 Å². The molecule has 0 spiro atoms. The summed E-state index contributed by atoms with van der Waals surface area (Å²) in [6, 6.07) is 6.29. The van der Waals surface area contributed by atoms with Gasteiger partial charge in [0.2, 0.25) is 0 Å². The third-order valence-corrected chi connectivity index (χ3v) is 4.45. The summed E-state index contributed by atoms with van der Waals surface area (Å²) in [5.41, 5.74) is 2.66. The number of hydrogen-bond acceptors (Lipinski definition) is 4. The van der Waals surface area contributed by atoms with Crippen molar-refractivity contribution in [2.75, 3.05) is 5.32 Å². The second-order valence-corrected chi connectivity index (χ2v) is 6.66. The van der Waals surface area contributed by atoms with E-state index in [4.69, 9.17) is 4.42 Å². The van der Waals surface area contributed by atoms with Gasteiger partial charge < -0.3 is 14.8 Å². The van der Waals surface area contributed by atoms with Crippen molar-refractivity contribution in [3.63, 3.8) is 0 Å². The normalized spacial score (nSPS) is 24.9. The van der Waals surface area contributed by atoms with Crippen molar-refractivity contribution in [1.82, 2.24) is 4.98 Å². The fourth-order valence-corrected chi connectivity index (χ4v) is 2.63. The Morgan fingerprint density at radius 2 is 2.15 bits per heavy atom. The summed E-state index contributed by atoms with van der Waals surface area (Å²) in [4.78, 5) is 4.52. The van der Waals surface area contributed by atoms with Crippen molar-refractivity contribution >= 4 is 16.8 Å². The number of aromatic nitrogens is 1. The Balaban J connectivity index is 1.83. The second-order valence-electron chi connectivity index (χ2n) is 6.66. The van der Waals surface area contributed by atoms with Gasteiger partial charge in [0.15, 0.2) is 11.5 Å². The van der Waals surface area contributed by atoms with E-state index < -0.39 is 0 Å². The predicted molar refractivity (Wildman–Crippen MR) is 79.9 cm³/mol. The SMILES string of the molecule is CC(C)c1nc2cc(NC3CC(O)C3(C)C)ccc2o1. The van der Waals surface area contributed by atoms with E-state index in [1.807, 2.05) is 18.2 Å². The van der Waals surface area contributed by atoms with Crippen LogP contribution in [0.15, 0.2) is 22.6 Å². The summed E-state index contributed by atoms with van der Waals surface area (Å²) < 4.78 is 5.71. The number of aliphatic hydroxyl groups is 1. The highest BCUT2D eigenvalue weighted by Gasteiger charge is 2.47. The Hall–Kier alpha value is -1.55. The number of nitrogens with zero attached hydrogens (tertiary/aromatic N) is 1. The van der Waals surface area contributed by atoms with Gasteiger partial charge in [0, 0.05) is 23.1 Å². The Morgan fingerprint density at radius 3 is 2.75 bits per heavy atom. The molecule has 2 N–H and O–H groups in total. The van der Waals surface area contributed by atoms with Crippen LogP contribution in [0.2, 0.25) is 0 Å². The zero-order valence-corrected chi connectivity index (χ0v) is 12.5. The Morgan fingerprint density at radius 1 is 1.40 bits per heavy atom. The first kappa shape index (κ1) is 13.4. The Labute approximate surface area is 119 Å². The average molecular weight is 274 g/mol. The van der Waals surface area contributed by atoms with Gasteiger partial charge in [-0.25, -0.2) is 4.98 Å². The lowest BCUT2D eigenvalue weighted by Crippen LogP contribution is -2.56. The second kappa shape index (κ2) is 4.48. The number of hydrogen-bond donors (Lipinski definition) is 2. The zero-order chi connectivity index (χ0) is 14.5. The fourth-order valence-electron chi connectivity index (χ4n) is 2.63.